The van der Waals surface area contributed by atoms with Crippen molar-refractivity contribution in [3.05, 3.63) is 118 Å². The van der Waals surface area contributed by atoms with Gasteiger partial charge < -0.3 is 30.6 Å². The molecule has 0 aliphatic carbocycles. The number of aromatic nitrogens is 10. The normalized spacial score (nSPS) is 10.2. The van der Waals surface area contributed by atoms with Crippen LogP contribution in [0.3, 0.4) is 0 Å². The summed E-state index contributed by atoms with van der Waals surface area (Å²) in [5, 5.41) is 46.4. The van der Waals surface area contributed by atoms with Crippen molar-refractivity contribution in [2.24, 2.45) is 0 Å². The second-order valence-corrected chi connectivity index (χ2v) is 16.3. The molecular weight excluding hydrogens is 975 g/mol. The van der Waals surface area contributed by atoms with Crippen LogP contribution in [0.25, 0.3) is 0 Å². The molecule has 0 fully saturated rings. The van der Waals surface area contributed by atoms with E-state index in [1.807, 2.05) is 38.4 Å². The van der Waals surface area contributed by atoms with Crippen LogP contribution in [0, 0.1) is 0 Å². The summed E-state index contributed by atoms with van der Waals surface area (Å²) in [6, 6.07) is 14.9. The third-order valence-corrected chi connectivity index (χ3v) is 10.9. The Bertz CT molecular complexity index is 2230. The Kier molecular flexibility index (Phi) is 33.2. The van der Waals surface area contributed by atoms with E-state index in [0.717, 1.165) is 126 Å². The summed E-state index contributed by atoms with van der Waals surface area (Å²) >= 11 is 0. The Morgan fingerprint density at radius 1 is 0.535 bits per heavy atom. The van der Waals surface area contributed by atoms with Gasteiger partial charge in [-0.2, -0.15) is 9.59 Å². The van der Waals surface area contributed by atoms with Crippen LogP contribution in [0.15, 0.2) is 73.3 Å². The van der Waals surface area contributed by atoms with Crippen molar-refractivity contribution in [2.75, 3.05) is 13.2 Å². The number of ketones is 2. The van der Waals surface area contributed by atoms with Crippen LogP contribution < -0.4 is 9.47 Å². The Morgan fingerprint density at radius 3 is 1.30 bits per heavy atom. The summed E-state index contributed by atoms with van der Waals surface area (Å²) in [5.41, 5.74) is 4.56. The lowest BCUT2D eigenvalue weighted by Gasteiger charge is -2.14. The number of benzene rings is 2. The Labute approximate surface area is 435 Å². The maximum atomic E-state index is 11.7. The largest absolute Gasteiger partial charge is 0.507 e. The average Bonchev–Trinajstić information content (AvgIpc) is 3.98. The van der Waals surface area contributed by atoms with Crippen LogP contribution >= 0.6 is 37.2 Å². The van der Waals surface area contributed by atoms with Gasteiger partial charge in [0.05, 0.1) is 37.4 Å². The molecule has 18 nitrogen and oxygen atoms in total. The number of halogens is 3. The van der Waals surface area contributed by atoms with Gasteiger partial charge in [-0.3, -0.25) is 19.6 Å². The maximum Gasteiger partial charge on any atom is 0.174 e. The third kappa shape index (κ3) is 22.0. The van der Waals surface area contributed by atoms with Crippen LogP contribution in [-0.2, 0) is 51.6 Å². The zero-order chi connectivity index (χ0) is 46.9. The fraction of sp³-hybridized carbons (Fsp3) is 0.480. The predicted molar refractivity (Wildman–Crippen MR) is 280 cm³/mol. The van der Waals surface area contributed by atoms with Crippen molar-refractivity contribution in [3.63, 3.8) is 0 Å². The monoisotopic (exact) mass is 1050 g/mol. The third-order valence-electron chi connectivity index (χ3n) is 10.9. The molecule has 71 heavy (non-hydrogen) atoms. The SMILES string of the molecule is CCCc1c(OCCCCCc2nnn(CCCc3cccnc3)n2)ccc(C(C)=O)c1O.CCCc1c(OCCCCCc2nnn(CCCc3cccnc3)n2)ccc(C(C)=O)c1O.Cl.Cl.Cl.O.O. The standard InChI is InChI=1S/2C25H33N5O3.3ClH.2H2O/c2*1-3-9-22-23(14-13-21(19(2)31)25(22)32)33-17-6-4-5-12-24-27-29-30(28-24)16-8-11-20-10-7-15-26-18-20;;;;;/h2*7,10,13-15,18,32H,3-6,8-9,11-12,16-17H2,1-2H3;3*1H;2*1H2. The molecule has 0 saturated heterocycles. The number of phenolic OH excluding ortho intramolecular Hbond substituents is 2. The number of tetrazole rings is 2. The van der Waals surface area contributed by atoms with E-state index in [9.17, 15) is 19.8 Å². The molecule has 0 aliphatic heterocycles. The number of aromatic hydroxyl groups is 2. The number of pyridine rings is 2. The Balaban J connectivity index is 0.00000129. The first-order valence-corrected chi connectivity index (χ1v) is 23.4. The minimum atomic E-state index is -0.143. The van der Waals surface area contributed by atoms with E-state index in [1.165, 1.54) is 25.0 Å². The van der Waals surface area contributed by atoms with E-state index in [4.69, 9.17) is 9.47 Å². The zero-order valence-electron chi connectivity index (χ0n) is 41.3. The quantitative estimate of drug-likeness (QED) is 0.0346. The molecule has 0 radical (unpaired) electrons. The minimum Gasteiger partial charge on any atom is -0.507 e. The molecule has 4 aromatic heterocycles. The number of rotatable bonds is 28. The topological polar surface area (TPSA) is 269 Å². The van der Waals surface area contributed by atoms with Gasteiger partial charge in [0.2, 0.25) is 0 Å². The van der Waals surface area contributed by atoms with E-state index in [2.05, 4.69) is 52.9 Å². The van der Waals surface area contributed by atoms with Crippen molar-refractivity contribution < 1.29 is 40.2 Å². The number of hydrogen-bond acceptors (Lipinski definition) is 14. The number of phenols is 2. The van der Waals surface area contributed by atoms with Crippen LogP contribution in [0.1, 0.15) is 147 Å². The fourth-order valence-corrected chi connectivity index (χ4v) is 7.43. The van der Waals surface area contributed by atoms with E-state index in [-0.39, 0.29) is 71.2 Å². The Hall–Kier alpha value is -5.79. The number of hydrogen-bond donors (Lipinski definition) is 2. The molecular formula is C50H73Cl3N10O8. The van der Waals surface area contributed by atoms with Crippen LogP contribution in [0.4, 0.5) is 0 Å². The van der Waals surface area contributed by atoms with Gasteiger partial charge in [-0.15, -0.1) is 57.6 Å². The molecule has 0 atom stereocenters. The highest BCUT2D eigenvalue weighted by Crippen LogP contribution is 2.34. The molecule has 0 unspecified atom stereocenters. The maximum absolute atomic E-state index is 11.7. The molecule has 6 aromatic rings. The first kappa shape index (κ1) is 65.2. The molecule has 0 spiro atoms. The number of unbranched alkanes of at least 4 members (excludes halogenated alkanes) is 4. The summed E-state index contributed by atoms with van der Waals surface area (Å²) in [6.07, 6.45) is 21.4. The van der Waals surface area contributed by atoms with Crippen molar-refractivity contribution in [2.45, 2.75) is 144 Å². The van der Waals surface area contributed by atoms with Crippen molar-refractivity contribution in [3.8, 4) is 23.0 Å². The molecule has 6 N–H and O–H groups in total. The summed E-state index contributed by atoms with van der Waals surface area (Å²) in [6.45, 7) is 9.59. The van der Waals surface area contributed by atoms with Gasteiger partial charge in [-0.05, 0) is 149 Å². The molecule has 0 bridgehead atoms. The predicted octanol–water partition coefficient (Wildman–Crippen LogP) is 8.32. The van der Waals surface area contributed by atoms with Gasteiger partial charge in [-0.25, -0.2) is 0 Å². The zero-order valence-corrected chi connectivity index (χ0v) is 43.7. The van der Waals surface area contributed by atoms with Gasteiger partial charge in [0, 0.05) is 48.8 Å². The van der Waals surface area contributed by atoms with Gasteiger partial charge in [0.15, 0.2) is 23.2 Å². The van der Waals surface area contributed by atoms with Crippen molar-refractivity contribution in [1.29, 1.82) is 0 Å². The van der Waals surface area contributed by atoms with Gasteiger partial charge in [0.1, 0.15) is 23.0 Å². The molecule has 6 rings (SSSR count). The van der Waals surface area contributed by atoms with Crippen LogP contribution in [0.2, 0.25) is 0 Å². The number of carbonyl (C=O) groups is 2. The van der Waals surface area contributed by atoms with Crippen LogP contribution in [0.5, 0.6) is 23.0 Å². The summed E-state index contributed by atoms with van der Waals surface area (Å²) in [4.78, 5) is 34.9. The van der Waals surface area contributed by atoms with E-state index >= 15 is 0 Å². The highest BCUT2D eigenvalue weighted by molar-refractivity contribution is 5.98. The molecule has 0 saturated carbocycles. The first-order chi connectivity index (χ1) is 32.2. The highest BCUT2D eigenvalue weighted by atomic mass is 35.5. The van der Waals surface area contributed by atoms with Crippen LogP contribution in [-0.4, -0.2) is 96.3 Å². The second-order valence-electron chi connectivity index (χ2n) is 16.3. The second kappa shape index (κ2) is 36.2. The molecule has 2 aromatic carbocycles. The van der Waals surface area contributed by atoms with E-state index in [1.54, 1.807) is 46.3 Å². The minimum absolute atomic E-state index is 0. The molecule has 392 valence electrons. The van der Waals surface area contributed by atoms with E-state index < -0.39 is 0 Å². The number of aryl methyl sites for hydroxylation is 6. The molecule has 0 aliphatic rings. The Morgan fingerprint density at radius 2 is 0.944 bits per heavy atom. The average molecular weight is 1050 g/mol. The summed E-state index contributed by atoms with van der Waals surface area (Å²) < 4.78 is 11.8. The summed E-state index contributed by atoms with van der Waals surface area (Å²) in [7, 11) is 0. The number of carbonyl (C=O) groups excluding carboxylic acids is 2. The summed E-state index contributed by atoms with van der Waals surface area (Å²) in [5.74, 6) is 2.68. The number of nitrogens with zero attached hydrogens (tertiary/aromatic N) is 10. The first-order valence-electron chi connectivity index (χ1n) is 23.4. The van der Waals surface area contributed by atoms with Gasteiger partial charge >= 0.3 is 0 Å². The highest BCUT2D eigenvalue weighted by Gasteiger charge is 2.17. The number of ether oxygens (including phenoxy) is 2. The van der Waals surface area contributed by atoms with Crippen molar-refractivity contribution in [1.82, 2.24) is 50.4 Å². The van der Waals surface area contributed by atoms with Gasteiger partial charge in [0.25, 0.3) is 0 Å². The van der Waals surface area contributed by atoms with Crippen molar-refractivity contribution >= 4 is 48.8 Å². The molecule has 21 heteroatoms. The smallest absolute Gasteiger partial charge is 0.174 e. The molecule has 0 amide bonds. The molecule has 4 heterocycles. The van der Waals surface area contributed by atoms with Gasteiger partial charge in [-0.1, -0.05) is 38.8 Å². The lowest BCUT2D eigenvalue weighted by atomic mass is 10.0. The lowest BCUT2D eigenvalue weighted by Crippen LogP contribution is -2.04. The fourth-order valence-electron chi connectivity index (χ4n) is 7.43. The van der Waals surface area contributed by atoms with E-state index in [0.29, 0.717) is 48.7 Å². The number of Topliss-reactive ketones (excluding diaryl/α,β-unsaturated/α-hetero) is 2. The lowest BCUT2D eigenvalue weighted by molar-refractivity contribution is 0.100.